The van der Waals surface area contributed by atoms with E-state index in [4.69, 9.17) is 12.3 Å². The Morgan fingerprint density at radius 1 is 1.40 bits per heavy atom. The molecule has 2 rings (SSSR count). The quantitative estimate of drug-likeness (QED) is 0.443. The zero-order valence-corrected chi connectivity index (χ0v) is 8.79. The second-order valence-electron chi connectivity index (χ2n) is 4.01. The van der Waals surface area contributed by atoms with Crippen molar-refractivity contribution in [2.75, 3.05) is 0 Å². The summed E-state index contributed by atoms with van der Waals surface area (Å²) in [6, 6.07) is 6.66. The number of aryl methyl sites for hydroxylation is 2. The smallest absolute Gasteiger partial charge is 0.0569 e. The number of nitrogens with two attached hydrogens (primary N) is 1. The molecule has 1 aliphatic rings. The van der Waals surface area contributed by atoms with Gasteiger partial charge < -0.3 is 0 Å². The van der Waals surface area contributed by atoms with Crippen molar-refractivity contribution < 1.29 is 0 Å². The molecule has 0 amide bonds. The Bertz CT molecular complexity index is 390. The van der Waals surface area contributed by atoms with Gasteiger partial charge in [-0.25, -0.2) is 0 Å². The van der Waals surface area contributed by atoms with Crippen molar-refractivity contribution in [3.8, 4) is 12.3 Å². The predicted molar refractivity (Wildman–Crippen MR) is 62.0 cm³/mol. The van der Waals surface area contributed by atoms with Crippen molar-refractivity contribution in [2.45, 2.75) is 31.7 Å². The third-order valence-corrected chi connectivity index (χ3v) is 3.05. The van der Waals surface area contributed by atoms with Crippen molar-refractivity contribution in [1.82, 2.24) is 5.43 Å². The van der Waals surface area contributed by atoms with Gasteiger partial charge in [0.25, 0.3) is 0 Å². The van der Waals surface area contributed by atoms with Crippen molar-refractivity contribution in [2.24, 2.45) is 5.84 Å². The summed E-state index contributed by atoms with van der Waals surface area (Å²) in [5.74, 6) is 8.13. The largest absolute Gasteiger partial charge is 0.271 e. The van der Waals surface area contributed by atoms with E-state index in [2.05, 4.69) is 29.5 Å². The normalized spacial score (nSPS) is 15.7. The molecule has 0 heterocycles. The summed E-state index contributed by atoms with van der Waals surface area (Å²) >= 11 is 0. The maximum absolute atomic E-state index is 5.49. The zero-order chi connectivity index (χ0) is 10.7. The fourth-order valence-corrected chi connectivity index (χ4v) is 2.20. The minimum absolute atomic E-state index is 0.0842. The molecule has 0 aromatic heterocycles. The Kier molecular flexibility index (Phi) is 3.05. The van der Waals surface area contributed by atoms with Gasteiger partial charge in [-0.3, -0.25) is 11.3 Å². The number of benzene rings is 1. The molecular formula is C13H16N2. The van der Waals surface area contributed by atoms with Crippen LogP contribution in [0.15, 0.2) is 18.2 Å². The van der Waals surface area contributed by atoms with Crippen LogP contribution in [0.25, 0.3) is 0 Å². The fraction of sp³-hybridized carbons (Fsp3) is 0.385. The molecule has 1 unspecified atom stereocenters. The summed E-state index contributed by atoms with van der Waals surface area (Å²) in [4.78, 5) is 0. The highest BCUT2D eigenvalue weighted by Crippen LogP contribution is 2.26. The van der Waals surface area contributed by atoms with Gasteiger partial charge >= 0.3 is 0 Å². The molecule has 2 heteroatoms. The Balaban J connectivity index is 2.25. The molecule has 1 atom stereocenters. The number of terminal acetylenes is 1. The molecule has 0 aliphatic heterocycles. The van der Waals surface area contributed by atoms with Gasteiger partial charge in [-0.2, -0.15) is 0 Å². The lowest BCUT2D eigenvalue weighted by Gasteiger charge is -2.14. The minimum atomic E-state index is 0.0842. The van der Waals surface area contributed by atoms with E-state index in [9.17, 15) is 0 Å². The van der Waals surface area contributed by atoms with E-state index in [1.54, 1.807) is 0 Å². The average molecular weight is 200 g/mol. The van der Waals surface area contributed by atoms with Crippen LogP contribution in [0.4, 0.5) is 0 Å². The topological polar surface area (TPSA) is 38.0 Å². The van der Waals surface area contributed by atoms with Gasteiger partial charge in [0.2, 0.25) is 0 Å². The van der Waals surface area contributed by atoms with Crippen LogP contribution in [0.2, 0.25) is 0 Å². The molecule has 1 aliphatic carbocycles. The average Bonchev–Trinajstić information content (AvgIpc) is 2.72. The number of nitrogens with one attached hydrogen (secondary N) is 1. The molecule has 0 spiro atoms. The molecule has 0 bridgehead atoms. The third kappa shape index (κ3) is 2.04. The van der Waals surface area contributed by atoms with E-state index in [1.807, 2.05) is 0 Å². The molecule has 1 aromatic rings. The zero-order valence-electron chi connectivity index (χ0n) is 8.79. The lowest BCUT2D eigenvalue weighted by molar-refractivity contribution is 0.567. The molecule has 0 fully saturated rings. The van der Waals surface area contributed by atoms with Gasteiger partial charge in [0.05, 0.1) is 6.04 Å². The number of fused-ring (bicyclic) bond motifs is 1. The monoisotopic (exact) mass is 200 g/mol. The Labute approximate surface area is 90.8 Å². The predicted octanol–water partition coefficient (Wildman–Crippen LogP) is 1.70. The highest BCUT2D eigenvalue weighted by molar-refractivity contribution is 5.36. The van der Waals surface area contributed by atoms with E-state index in [0.717, 1.165) is 0 Å². The highest BCUT2D eigenvalue weighted by atomic mass is 15.2. The van der Waals surface area contributed by atoms with E-state index < -0.39 is 0 Å². The summed E-state index contributed by atoms with van der Waals surface area (Å²) in [5, 5.41) is 0. The molecule has 78 valence electrons. The summed E-state index contributed by atoms with van der Waals surface area (Å²) in [6.45, 7) is 0. The second kappa shape index (κ2) is 4.48. The number of hydrazine groups is 1. The van der Waals surface area contributed by atoms with Gasteiger partial charge in [0.1, 0.15) is 0 Å². The van der Waals surface area contributed by atoms with Gasteiger partial charge in [-0.1, -0.05) is 18.2 Å². The number of hydrogen-bond acceptors (Lipinski definition) is 2. The van der Waals surface area contributed by atoms with Crippen LogP contribution in [0, 0.1) is 12.3 Å². The van der Waals surface area contributed by atoms with Crippen LogP contribution in [-0.4, -0.2) is 0 Å². The second-order valence-corrected chi connectivity index (χ2v) is 4.01. The Hall–Kier alpha value is -1.30. The maximum atomic E-state index is 5.49. The van der Waals surface area contributed by atoms with E-state index >= 15 is 0 Å². The van der Waals surface area contributed by atoms with Crippen LogP contribution in [0.5, 0.6) is 0 Å². The molecule has 3 N–H and O–H groups in total. The van der Waals surface area contributed by atoms with Gasteiger partial charge in [0, 0.05) is 6.42 Å². The molecular weight excluding hydrogens is 184 g/mol. The molecule has 2 nitrogen and oxygen atoms in total. The van der Waals surface area contributed by atoms with Crippen molar-refractivity contribution in [1.29, 1.82) is 0 Å². The lowest BCUT2D eigenvalue weighted by atomic mass is 10.00. The summed E-state index contributed by atoms with van der Waals surface area (Å²) < 4.78 is 0. The van der Waals surface area contributed by atoms with Crippen LogP contribution < -0.4 is 11.3 Å². The van der Waals surface area contributed by atoms with E-state index in [0.29, 0.717) is 6.42 Å². The highest BCUT2D eigenvalue weighted by Gasteiger charge is 2.14. The summed E-state index contributed by atoms with van der Waals surface area (Å²) in [5.41, 5.74) is 6.92. The fourth-order valence-electron chi connectivity index (χ4n) is 2.20. The number of hydrogen-bond donors (Lipinski definition) is 2. The molecule has 0 saturated heterocycles. The molecule has 15 heavy (non-hydrogen) atoms. The Morgan fingerprint density at radius 2 is 2.20 bits per heavy atom. The third-order valence-electron chi connectivity index (χ3n) is 3.05. The minimum Gasteiger partial charge on any atom is -0.271 e. The SMILES string of the molecule is C#CCC(NN)c1ccc2c(c1)CCC2. The van der Waals surface area contributed by atoms with Gasteiger partial charge in [0.15, 0.2) is 0 Å². The number of rotatable bonds is 3. The Morgan fingerprint density at radius 3 is 2.93 bits per heavy atom. The first kappa shape index (κ1) is 10.2. The van der Waals surface area contributed by atoms with E-state index in [1.165, 1.54) is 36.0 Å². The molecule has 0 saturated carbocycles. The van der Waals surface area contributed by atoms with Crippen LogP contribution in [0.3, 0.4) is 0 Å². The summed E-state index contributed by atoms with van der Waals surface area (Å²) in [6.07, 6.45) is 9.62. The first-order valence-corrected chi connectivity index (χ1v) is 5.36. The van der Waals surface area contributed by atoms with Crippen LogP contribution >= 0.6 is 0 Å². The molecule has 1 aromatic carbocycles. The first-order chi connectivity index (χ1) is 7.35. The van der Waals surface area contributed by atoms with Gasteiger partial charge in [-0.15, -0.1) is 12.3 Å². The van der Waals surface area contributed by atoms with Crippen LogP contribution in [-0.2, 0) is 12.8 Å². The lowest BCUT2D eigenvalue weighted by Crippen LogP contribution is -2.27. The van der Waals surface area contributed by atoms with Crippen molar-refractivity contribution in [3.63, 3.8) is 0 Å². The first-order valence-electron chi connectivity index (χ1n) is 5.36. The van der Waals surface area contributed by atoms with E-state index in [-0.39, 0.29) is 6.04 Å². The maximum Gasteiger partial charge on any atom is 0.0569 e. The van der Waals surface area contributed by atoms with Crippen molar-refractivity contribution >= 4 is 0 Å². The van der Waals surface area contributed by atoms with Gasteiger partial charge in [-0.05, 0) is 36.0 Å². The van der Waals surface area contributed by atoms with Crippen molar-refractivity contribution in [3.05, 3.63) is 34.9 Å². The summed E-state index contributed by atoms with van der Waals surface area (Å²) in [7, 11) is 0. The molecule has 0 radical (unpaired) electrons. The van der Waals surface area contributed by atoms with Crippen LogP contribution in [0.1, 0.15) is 35.6 Å². The standard InChI is InChI=1S/C13H16N2/c1-2-4-13(15-14)12-8-7-10-5-3-6-11(10)9-12/h1,7-9,13,15H,3-6,14H2.